The van der Waals surface area contributed by atoms with Crippen LogP contribution < -0.4 is 20.9 Å². The first-order valence-corrected chi connectivity index (χ1v) is 11.8. The van der Waals surface area contributed by atoms with E-state index < -0.39 is 0 Å². The van der Waals surface area contributed by atoms with Gasteiger partial charge < -0.3 is 25.6 Å². The first-order valence-electron chi connectivity index (χ1n) is 11.8. The Kier molecular flexibility index (Phi) is 6.77. The fraction of sp³-hybridized carbons (Fsp3) is 0.192. The Hall–Kier alpha value is -4.77. The molecule has 0 aliphatic carbocycles. The number of rotatable bonds is 6. The van der Waals surface area contributed by atoms with Gasteiger partial charge in [0.2, 0.25) is 5.91 Å². The summed E-state index contributed by atoms with van der Waals surface area (Å²) in [5, 5.41) is 13.5. The highest BCUT2D eigenvalue weighted by molar-refractivity contribution is 5.99. The second kappa shape index (κ2) is 10.5. The van der Waals surface area contributed by atoms with Crippen LogP contribution in [0.1, 0.15) is 0 Å². The van der Waals surface area contributed by atoms with Gasteiger partial charge in [0.05, 0.1) is 30.5 Å². The third kappa shape index (κ3) is 5.11. The number of urea groups is 1. The Morgan fingerprint density at radius 2 is 1.65 bits per heavy atom. The maximum Gasteiger partial charge on any atom is 0.318 e. The van der Waals surface area contributed by atoms with Crippen molar-refractivity contribution < 1.29 is 14.3 Å². The van der Waals surface area contributed by atoms with Gasteiger partial charge in [0.25, 0.3) is 0 Å². The van der Waals surface area contributed by atoms with E-state index in [0.29, 0.717) is 49.1 Å². The van der Waals surface area contributed by atoms with Gasteiger partial charge in [0.15, 0.2) is 11.5 Å². The largest absolute Gasteiger partial charge is 0.378 e. The summed E-state index contributed by atoms with van der Waals surface area (Å²) in [6.07, 6.45) is 3.00. The molecule has 11 nitrogen and oxygen atoms in total. The number of carbonyl (C=O) groups excluding carboxylic acids is 2. The smallest absolute Gasteiger partial charge is 0.318 e. The topological polar surface area (TPSA) is 126 Å². The third-order valence-electron chi connectivity index (χ3n) is 5.91. The van der Waals surface area contributed by atoms with Gasteiger partial charge in [-0.25, -0.2) is 19.4 Å². The van der Waals surface area contributed by atoms with Crippen molar-refractivity contribution in [3.05, 3.63) is 67.4 Å². The zero-order valence-electron chi connectivity index (χ0n) is 20.3. The lowest BCUT2D eigenvalue weighted by molar-refractivity contribution is -0.111. The van der Waals surface area contributed by atoms with Gasteiger partial charge >= 0.3 is 6.03 Å². The summed E-state index contributed by atoms with van der Waals surface area (Å²) in [4.78, 5) is 35.2. The molecule has 37 heavy (non-hydrogen) atoms. The van der Waals surface area contributed by atoms with E-state index in [9.17, 15) is 9.59 Å². The lowest BCUT2D eigenvalue weighted by Gasteiger charge is -2.28. The van der Waals surface area contributed by atoms with E-state index in [-0.39, 0.29) is 11.9 Å². The second-order valence-corrected chi connectivity index (χ2v) is 8.29. The number of nitrogens with zero attached hydrogens (tertiary/aromatic N) is 5. The molecule has 3 N–H and O–H groups in total. The Morgan fingerprint density at radius 1 is 0.973 bits per heavy atom. The van der Waals surface area contributed by atoms with Gasteiger partial charge in [0.1, 0.15) is 5.82 Å². The molecule has 1 aliphatic heterocycles. The number of fused-ring (bicyclic) bond motifs is 1. The highest BCUT2D eigenvalue weighted by Crippen LogP contribution is 2.30. The van der Waals surface area contributed by atoms with Crippen LogP contribution in [0.15, 0.2) is 67.4 Å². The average Bonchev–Trinajstić information content (AvgIpc) is 3.38. The molecule has 0 spiro atoms. The highest BCUT2D eigenvalue weighted by atomic mass is 16.5. The van der Waals surface area contributed by atoms with E-state index >= 15 is 0 Å². The van der Waals surface area contributed by atoms with Crippen molar-refractivity contribution in [1.29, 1.82) is 0 Å². The summed E-state index contributed by atoms with van der Waals surface area (Å²) in [5.74, 6) is 1.05. The van der Waals surface area contributed by atoms with Gasteiger partial charge in [-0.05, 0) is 54.6 Å². The van der Waals surface area contributed by atoms with E-state index in [1.165, 1.54) is 6.08 Å². The zero-order valence-corrected chi connectivity index (χ0v) is 20.3. The van der Waals surface area contributed by atoms with E-state index in [2.05, 4.69) is 32.5 Å². The third-order valence-corrected chi connectivity index (χ3v) is 5.91. The molecule has 3 heterocycles. The standard InChI is InChI=1S/C26H26N8O3/c1-3-22(35)29-18-8-10-20(11-9-18)34-25-21(16-28-34)24(33-12-14-37-15-13-33)31-23(32-25)17-4-6-19(7-5-17)30-26(36)27-2/h3-11,16H,1,12-15H2,2H3,(H,29,35)(H2,27,30,36). The number of amides is 3. The summed E-state index contributed by atoms with van der Waals surface area (Å²) in [6.45, 7) is 6.14. The van der Waals surface area contributed by atoms with Crippen molar-refractivity contribution in [2.45, 2.75) is 0 Å². The summed E-state index contributed by atoms with van der Waals surface area (Å²) in [5.41, 5.74) is 3.55. The van der Waals surface area contributed by atoms with E-state index in [1.807, 2.05) is 24.3 Å². The number of benzene rings is 2. The number of ether oxygens (including phenoxy) is 1. The van der Waals surface area contributed by atoms with Gasteiger partial charge in [-0.1, -0.05) is 6.58 Å². The van der Waals surface area contributed by atoms with Crippen molar-refractivity contribution in [2.75, 3.05) is 48.9 Å². The molecule has 3 amide bonds. The zero-order chi connectivity index (χ0) is 25.8. The fourth-order valence-corrected chi connectivity index (χ4v) is 4.00. The fourth-order valence-electron chi connectivity index (χ4n) is 4.00. The maximum atomic E-state index is 11.6. The summed E-state index contributed by atoms with van der Waals surface area (Å²) < 4.78 is 7.30. The minimum absolute atomic E-state index is 0.277. The summed E-state index contributed by atoms with van der Waals surface area (Å²) in [6, 6.07) is 14.4. The van der Waals surface area contributed by atoms with Crippen LogP contribution in [-0.4, -0.2) is 65.0 Å². The molecule has 0 saturated carbocycles. The summed E-state index contributed by atoms with van der Waals surface area (Å²) in [7, 11) is 1.56. The van der Waals surface area contributed by atoms with Gasteiger partial charge in [-0.2, -0.15) is 5.10 Å². The second-order valence-electron chi connectivity index (χ2n) is 8.29. The van der Waals surface area contributed by atoms with Crippen LogP contribution in [0.3, 0.4) is 0 Å². The number of hydrogen-bond acceptors (Lipinski definition) is 7. The molecule has 11 heteroatoms. The SMILES string of the molecule is C=CC(=O)Nc1ccc(-n2ncc3c(N4CCOCC4)nc(-c4ccc(NC(=O)NC)cc4)nc32)cc1. The normalized spacial score (nSPS) is 13.3. The first kappa shape index (κ1) is 23.9. The van der Waals surface area contributed by atoms with Crippen molar-refractivity contribution >= 4 is 40.2 Å². The first-order chi connectivity index (χ1) is 18.1. The molecule has 1 fully saturated rings. The number of anilines is 3. The van der Waals surface area contributed by atoms with E-state index in [4.69, 9.17) is 14.7 Å². The molecular weight excluding hydrogens is 472 g/mol. The van der Waals surface area contributed by atoms with Crippen LogP contribution in [0, 0.1) is 0 Å². The number of aromatic nitrogens is 4. The van der Waals surface area contributed by atoms with Gasteiger partial charge in [-0.15, -0.1) is 0 Å². The predicted octanol–water partition coefficient (Wildman–Crippen LogP) is 3.19. The maximum absolute atomic E-state index is 11.6. The van der Waals surface area contributed by atoms with Crippen molar-refractivity contribution in [3.63, 3.8) is 0 Å². The van der Waals surface area contributed by atoms with Crippen molar-refractivity contribution in [3.8, 4) is 17.1 Å². The van der Waals surface area contributed by atoms with Crippen LogP contribution in [0.25, 0.3) is 28.1 Å². The molecule has 1 saturated heterocycles. The molecular formula is C26H26N8O3. The summed E-state index contributed by atoms with van der Waals surface area (Å²) >= 11 is 0. The number of nitrogens with one attached hydrogen (secondary N) is 3. The molecule has 0 atom stereocenters. The molecule has 2 aromatic heterocycles. The molecule has 188 valence electrons. The highest BCUT2D eigenvalue weighted by Gasteiger charge is 2.21. The predicted molar refractivity (Wildman–Crippen MR) is 142 cm³/mol. The lowest BCUT2D eigenvalue weighted by Crippen LogP contribution is -2.37. The number of hydrogen-bond donors (Lipinski definition) is 3. The molecule has 1 aliphatic rings. The van der Waals surface area contributed by atoms with Gasteiger partial charge in [-0.3, -0.25) is 4.79 Å². The quantitative estimate of drug-likeness (QED) is 0.349. The number of morpholine rings is 1. The van der Waals surface area contributed by atoms with Crippen LogP contribution in [-0.2, 0) is 9.53 Å². The van der Waals surface area contributed by atoms with Crippen LogP contribution >= 0.6 is 0 Å². The monoisotopic (exact) mass is 498 g/mol. The molecule has 5 rings (SSSR count). The van der Waals surface area contributed by atoms with Crippen LogP contribution in [0.2, 0.25) is 0 Å². The molecule has 0 radical (unpaired) electrons. The van der Waals surface area contributed by atoms with Crippen molar-refractivity contribution in [1.82, 2.24) is 25.1 Å². The molecule has 4 aromatic rings. The lowest BCUT2D eigenvalue weighted by atomic mass is 10.2. The van der Waals surface area contributed by atoms with E-state index in [0.717, 1.165) is 22.5 Å². The van der Waals surface area contributed by atoms with Gasteiger partial charge in [0, 0.05) is 37.1 Å². The number of carbonyl (C=O) groups is 2. The van der Waals surface area contributed by atoms with E-state index in [1.54, 1.807) is 42.2 Å². The molecule has 0 unspecified atom stereocenters. The minimum Gasteiger partial charge on any atom is -0.378 e. The van der Waals surface area contributed by atoms with Crippen LogP contribution in [0.5, 0.6) is 0 Å². The Morgan fingerprint density at radius 3 is 2.32 bits per heavy atom. The molecule has 0 bridgehead atoms. The van der Waals surface area contributed by atoms with Crippen molar-refractivity contribution in [2.24, 2.45) is 0 Å². The van der Waals surface area contributed by atoms with Crippen LogP contribution in [0.4, 0.5) is 22.0 Å². The Balaban J connectivity index is 1.56. The average molecular weight is 499 g/mol. The molecule has 2 aromatic carbocycles. The minimum atomic E-state index is -0.293. The Labute approximate surface area is 213 Å². The Bertz CT molecular complexity index is 1440.